The van der Waals surface area contributed by atoms with Crippen LogP contribution in [0.2, 0.25) is 0 Å². The summed E-state index contributed by atoms with van der Waals surface area (Å²) in [6.45, 7) is 14.9. The van der Waals surface area contributed by atoms with Gasteiger partial charge >= 0.3 is 0 Å². The Morgan fingerprint density at radius 1 is 1.17 bits per heavy atom. The molecule has 3 heteroatoms. The van der Waals surface area contributed by atoms with Crippen molar-refractivity contribution in [3.05, 3.63) is 0 Å². The van der Waals surface area contributed by atoms with Gasteiger partial charge in [0.25, 0.3) is 0 Å². The first-order chi connectivity index (χ1) is 8.79. The smallest absolute Gasteiger partial charge is 0.0110 e. The van der Waals surface area contributed by atoms with Gasteiger partial charge in [0.1, 0.15) is 0 Å². The van der Waals surface area contributed by atoms with Crippen LogP contribution in [-0.2, 0) is 0 Å². The predicted molar refractivity (Wildman–Crippen MR) is 77.9 cm³/mol. The maximum atomic E-state index is 3.55. The van der Waals surface area contributed by atoms with Crippen LogP contribution in [0.5, 0.6) is 0 Å². The van der Waals surface area contributed by atoms with Crippen LogP contribution in [0, 0.1) is 11.8 Å². The molecule has 2 aliphatic heterocycles. The van der Waals surface area contributed by atoms with E-state index in [1.165, 1.54) is 71.6 Å². The zero-order valence-electron chi connectivity index (χ0n) is 12.3. The summed E-state index contributed by atoms with van der Waals surface area (Å²) >= 11 is 0. The van der Waals surface area contributed by atoms with E-state index < -0.39 is 0 Å². The minimum atomic E-state index is 0.891. The highest BCUT2D eigenvalue weighted by molar-refractivity contribution is 4.76. The average Bonchev–Trinajstić information content (AvgIpc) is 2.46. The third-order valence-electron chi connectivity index (χ3n) is 4.95. The fourth-order valence-corrected chi connectivity index (χ4v) is 3.32. The molecule has 0 amide bonds. The molecule has 106 valence electrons. The van der Waals surface area contributed by atoms with Gasteiger partial charge in [0.15, 0.2) is 0 Å². The van der Waals surface area contributed by atoms with Crippen LogP contribution in [0.15, 0.2) is 0 Å². The lowest BCUT2D eigenvalue weighted by atomic mass is 9.85. The molecule has 2 atom stereocenters. The molecule has 0 aromatic rings. The molecular formula is C15H31N3. The predicted octanol–water partition coefficient (Wildman–Crippen LogP) is 1.65. The Hall–Kier alpha value is -0.120. The zero-order chi connectivity index (χ0) is 12.8. The Morgan fingerprint density at radius 2 is 1.89 bits per heavy atom. The number of rotatable bonds is 5. The van der Waals surface area contributed by atoms with E-state index in [1.807, 2.05) is 0 Å². The molecule has 3 nitrogen and oxygen atoms in total. The number of piperidine rings is 1. The molecule has 0 aromatic carbocycles. The second-order valence-corrected chi connectivity index (χ2v) is 6.15. The molecule has 2 fully saturated rings. The number of nitrogens with zero attached hydrogens (tertiary/aromatic N) is 2. The van der Waals surface area contributed by atoms with E-state index in [9.17, 15) is 0 Å². The molecule has 0 spiro atoms. The molecule has 2 unspecified atom stereocenters. The summed E-state index contributed by atoms with van der Waals surface area (Å²) < 4.78 is 0. The fraction of sp³-hybridized carbons (Fsp3) is 1.00. The van der Waals surface area contributed by atoms with Gasteiger partial charge < -0.3 is 15.1 Å². The maximum absolute atomic E-state index is 3.55. The fourth-order valence-electron chi connectivity index (χ4n) is 3.32. The van der Waals surface area contributed by atoms with Crippen molar-refractivity contribution in [1.29, 1.82) is 0 Å². The first-order valence-electron chi connectivity index (χ1n) is 7.95. The van der Waals surface area contributed by atoms with E-state index in [2.05, 4.69) is 29.0 Å². The lowest BCUT2D eigenvalue weighted by Gasteiger charge is -2.35. The Bertz CT molecular complexity index is 218. The van der Waals surface area contributed by atoms with Crippen LogP contribution in [0.25, 0.3) is 0 Å². The van der Waals surface area contributed by atoms with Gasteiger partial charge in [-0.05, 0) is 57.3 Å². The molecule has 2 saturated heterocycles. The SMILES string of the molecule is CCN1CCN(CCC(C)C2CCCNC2)CC1. The Morgan fingerprint density at radius 3 is 2.50 bits per heavy atom. The minimum absolute atomic E-state index is 0.891. The summed E-state index contributed by atoms with van der Waals surface area (Å²) in [5.41, 5.74) is 0. The van der Waals surface area contributed by atoms with Crippen LogP contribution in [-0.4, -0.2) is 62.2 Å². The monoisotopic (exact) mass is 253 g/mol. The summed E-state index contributed by atoms with van der Waals surface area (Å²) in [4.78, 5) is 5.23. The standard InChI is InChI=1S/C15H31N3/c1-3-17-9-11-18(12-10-17)8-6-14(2)15-5-4-7-16-13-15/h14-16H,3-13H2,1-2H3. The van der Waals surface area contributed by atoms with Crippen LogP contribution in [0.4, 0.5) is 0 Å². The average molecular weight is 253 g/mol. The van der Waals surface area contributed by atoms with Gasteiger partial charge in [0, 0.05) is 26.2 Å². The molecule has 2 heterocycles. The van der Waals surface area contributed by atoms with Crippen molar-refractivity contribution in [2.45, 2.75) is 33.1 Å². The van der Waals surface area contributed by atoms with E-state index in [0.717, 1.165) is 11.8 Å². The molecule has 0 saturated carbocycles. The highest BCUT2D eigenvalue weighted by Gasteiger charge is 2.21. The second kappa shape index (κ2) is 7.46. The van der Waals surface area contributed by atoms with Gasteiger partial charge in [-0.25, -0.2) is 0 Å². The van der Waals surface area contributed by atoms with Crippen molar-refractivity contribution in [3.8, 4) is 0 Å². The molecule has 1 N–H and O–H groups in total. The van der Waals surface area contributed by atoms with Crippen molar-refractivity contribution >= 4 is 0 Å². The summed E-state index contributed by atoms with van der Waals surface area (Å²) in [5.74, 6) is 1.82. The zero-order valence-corrected chi connectivity index (χ0v) is 12.3. The maximum Gasteiger partial charge on any atom is 0.0110 e. The molecule has 18 heavy (non-hydrogen) atoms. The van der Waals surface area contributed by atoms with Gasteiger partial charge in [0.2, 0.25) is 0 Å². The molecule has 0 radical (unpaired) electrons. The number of hydrogen-bond donors (Lipinski definition) is 1. The van der Waals surface area contributed by atoms with E-state index in [4.69, 9.17) is 0 Å². The summed E-state index contributed by atoms with van der Waals surface area (Å²) in [7, 11) is 0. The highest BCUT2D eigenvalue weighted by atomic mass is 15.3. The summed E-state index contributed by atoms with van der Waals surface area (Å²) in [5, 5.41) is 3.55. The summed E-state index contributed by atoms with van der Waals surface area (Å²) in [6.07, 6.45) is 4.21. The van der Waals surface area contributed by atoms with Gasteiger partial charge in [-0.2, -0.15) is 0 Å². The van der Waals surface area contributed by atoms with Gasteiger partial charge in [-0.3, -0.25) is 0 Å². The van der Waals surface area contributed by atoms with Crippen LogP contribution < -0.4 is 5.32 Å². The topological polar surface area (TPSA) is 18.5 Å². The third-order valence-corrected chi connectivity index (χ3v) is 4.95. The van der Waals surface area contributed by atoms with Crippen LogP contribution in [0.1, 0.15) is 33.1 Å². The molecule has 2 aliphatic rings. The van der Waals surface area contributed by atoms with Crippen molar-refractivity contribution in [3.63, 3.8) is 0 Å². The number of hydrogen-bond acceptors (Lipinski definition) is 3. The van der Waals surface area contributed by atoms with Crippen molar-refractivity contribution in [2.75, 3.05) is 52.4 Å². The van der Waals surface area contributed by atoms with Crippen LogP contribution in [0.3, 0.4) is 0 Å². The van der Waals surface area contributed by atoms with Gasteiger partial charge in [-0.15, -0.1) is 0 Å². The van der Waals surface area contributed by atoms with Crippen molar-refractivity contribution in [2.24, 2.45) is 11.8 Å². The number of piperazine rings is 1. The third kappa shape index (κ3) is 4.22. The number of likely N-dealkylation sites (N-methyl/N-ethyl adjacent to an activating group) is 1. The first kappa shape index (κ1) is 14.3. The largest absolute Gasteiger partial charge is 0.316 e. The second-order valence-electron chi connectivity index (χ2n) is 6.15. The Kier molecular flexibility index (Phi) is 5.93. The minimum Gasteiger partial charge on any atom is -0.316 e. The Labute approximate surface area is 113 Å². The van der Waals surface area contributed by atoms with Crippen molar-refractivity contribution in [1.82, 2.24) is 15.1 Å². The lowest BCUT2D eigenvalue weighted by molar-refractivity contribution is 0.125. The quantitative estimate of drug-likeness (QED) is 0.804. The normalized spacial score (nSPS) is 29.3. The van der Waals surface area contributed by atoms with Crippen LogP contribution >= 0.6 is 0 Å². The van der Waals surface area contributed by atoms with E-state index in [0.29, 0.717) is 0 Å². The molecule has 0 bridgehead atoms. The molecule has 0 aromatic heterocycles. The van der Waals surface area contributed by atoms with Gasteiger partial charge in [-0.1, -0.05) is 13.8 Å². The van der Waals surface area contributed by atoms with Gasteiger partial charge in [0.05, 0.1) is 0 Å². The van der Waals surface area contributed by atoms with Crippen molar-refractivity contribution < 1.29 is 0 Å². The molecule has 2 rings (SSSR count). The van der Waals surface area contributed by atoms with E-state index in [1.54, 1.807) is 0 Å². The Balaban J connectivity index is 1.62. The highest BCUT2D eigenvalue weighted by Crippen LogP contribution is 2.22. The van der Waals surface area contributed by atoms with E-state index >= 15 is 0 Å². The lowest BCUT2D eigenvalue weighted by Crippen LogP contribution is -2.46. The number of nitrogens with one attached hydrogen (secondary N) is 1. The first-order valence-corrected chi connectivity index (χ1v) is 7.95. The summed E-state index contributed by atoms with van der Waals surface area (Å²) in [6, 6.07) is 0. The molecule has 0 aliphatic carbocycles. The molecular weight excluding hydrogens is 222 g/mol. The van der Waals surface area contributed by atoms with E-state index in [-0.39, 0.29) is 0 Å².